The van der Waals surface area contributed by atoms with E-state index in [0.29, 0.717) is 11.4 Å². The molecule has 90 valence electrons. The Balaban J connectivity index is 2.39. The van der Waals surface area contributed by atoms with Crippen molar-refractivity contribution in [2.24, 2.45) is 0 Å². The van der Waals surface area contributed by atoms with Crippen LogP contribution in [0.3, 0.4) is 0 Å². The number of benzene rings is 1. The van der Waals surface area contributed by atoms with Crippen LogP contribution in [0.4, 0.5) is 4.39 Å². The van der Waals surface area contributed by atoms with Crippen LogP contribution in [0.2, 0.25) is 0 Å². The van der Waals surface area contributed by atoms with E-state index in [1.165, 1.54) is 12.1 Å². The first kappa shape index (κ1) is 11.8. The highest BCUT2D eigenvalue weighted by atomic mass is 19.1. The van der Waals surface area contributed by atoms with Crippen molar-refractivity contribution >= 4 is 0 Å². The van der Waals surface area contributed by atoms with E-state index in [2.05, 4.69) is 4.98 Å². The monoisotopic (exact) mass is 234 g/mol. The Kier molecular flexibility index (Phi) is 3.24. The summed E-state index contributed by atoms with van der Waals surface area (Å²) in [4.78, 5) is 4.11. The second-order valence-corrected chi connectivity index (χ2v) is 4.04. The summed E-state index contributed by atoms with van der Waals surface area (Å²) in [5.41, 5.74) is 1.32. The summed E-state index contributed by atoms with van der Waals surface area (Å²) < 4.78 is 15.1. The molecule has 1 aromatic heterocycles. The molecule has 0 radical (unpaired) electrons. The first-order valence-electron chi connectivity index (χ1n) is 5.58. The molecule has 1 atom stereocenters. The second kappa shape index (κ2) is 4.67. The van der Waals surface area contributed by atoms with Gasteiger partial charge in [0, 0.05) is 18.9 Å². The molecule has 4 heteroatoms. The standard InChI is InChI=1S/C13H15FN2O/c1-3-16-5-4-15-13(16)12(17)10-6-9(2)7-11(14)8-10/h4-8,12,17H,3H2,1-2H3. The summed E-state index contributed by atoms with van der Waals surface area (Å²) >= 11 is 0. The topological polar surface area (TPSA) is 38.0 Å². The van der Waals surface area contributed by atoms with Crippen molar-refractivity contribution in [1.29, 1.82) is 0 Å². The molecule has 2 rings (SSSR count). The Hall–Kier alpha value is -1.68. The predicted molar refractivity (Wildman–Crippen MR) is 63.1 cm³/mol. The number of aryl methyl sites for hydroxylation is 2. The number of hydrogen-bond acceptors (Lipinski definition) is 2. The van der Waals surface area contributed by atoms with Crippen molar-refractivity contribution < 1.29 is 9.50 Å². The zero-order valence-electron chi connectivity index (χ0n) is 9.89. The Morgan fingerprint density at radius 3 is 2.82 bits per heavy atom. The van der Waals surface area contributed by atoms with Crippen LogP contribution in [-0.4, -0.2) is 14.7 Å². The highest BCUT2D eigenvalue weighted by molar-refractivity contribution is 5.28. The van der Waals surface area contributed by atoms with Gasteiger partial charge < -0.3 is 9.67 Å². The summed E-state index contributed by atoms with van der Waals surface area (Å²) in [5, 5.41) is 10.2. The Morgan fingerprint density at radius 2 is 2.18 bits per heavy atom. The summed E-state index contributed by atoms with van der Waals surface area (Å²) in [6.45, 7) is 4.49. The first-order valence-corrected chi connectivity index (χ1v) is 5.58. The van der Waals surface area contributed by atoms with Gasteiger partial charge in [-0.15, -0.1) is 0 Å². The number of halogens is 1. The lowest BCUT2D eigenvalue weighted by Crippen LogP contribution is -2.09. The zero-order valence-corrected chi connectivity index (χ0v) is 9.89. The van der Waals surface area contributed by atoms with Gasteiger partial charge in [0.1, 0.15) is 17.7 Å². The lowest BCUT2D eigenvalue weighted by atomic mass is 10.1. The molecule has 1 unspecified atom stereocenters. The third-order valence-corrected chi connectivity index (χ3v) is 2.71. The van der Waals surface area contributed by atoms with Crippen molar-refractivity contribution in [2.45, 2.75) is 26.5 Å². The van der Waals surface area contributed by atoms with Gasteiger partial charge in [0.05, 0.1) is 0 Å². The van der Waals surface area contributed by atoms with Crippen LogP contribution in [0.15, 0.2) is 30.6 Å². The molecule has 0 saturated heterocycles. The molecule has 0 aliphatic carbocycles. The van der Waals surface area contributed by atoms with Crippen molar-refractivity contribution in [3.8, 4) is 0 Å². The molecule has 0 amide bonds. The third-order valence-electron chi connectivity index (χ3n) is 2.71. The molecule has 0 aliphatic heterocycles. The van der Waals surface area contributed by atoms with E-state index in [1.54, 1.807) is 25.4 Å². The molecule has 0 spiro atoms. The summed E-state index contributed by atoms with van der Waals surface area (Å²) in [5.74, 6) is 0.200. The molecule has 0 bridgehead atoms. The fourth-order valence-corrected chi connectivity index (χ4v) is 1.91. The van der Waals surface area contributed by atoms with Gasteiger partial charge in [-0.3, -0.25) is 0 Å². The minimum absolute atomic E-state index is 0.339. The fraction of sp³-hybridized carbons (Fsp3) is 0.308. The molecule has 2 aromatic rings. The van der Waals surface area contributed by atoms with E-state index in [0.717, 1.165) is 12.1 Å². The Morgan fingerprint density at radius 1 is 1.41 bits per heavy atom. The zero-order chi connectivity index (χ0) is 12.4. The average molecular weight is 234 g/mol. The minimum atomic E-state index is -0.889. The van der Waals surface area contributed by atoms with Gasteiger partial charge in [-0.25, -0.2) is 9.37 Å². The maximum absolute atomic E-state index is 13.3. The number of aromatic nitrogens is 2. The highest BCUT2D eigenvalue weighted by Crippen LogP contribution is 2.22. The first-order chi connectivity index (χ1) is 8.11. The molecule has 0 saturated carbocycles. The predicted octanol–water partition coefficient (Wildman–Crippen LogP) is 2.43. The lowest BCUT2D eigenvalue weighted by molar-refractivity contribution is 0.204. The molecule has 0 aliphatic rings. The van der Waals surface area contributed by atoms with Crippen LogP contribution in [-0.2, 0) is 6.54 Å². The summed E-state index contributed by atoms with van der Waals surface area (Å²) in [7, 11) is 0. The number of hydrogen-bond donors (Lipinski definition) is 1. The van der Waals surface area contributed by atoms with E-state index in [1.807, 2.05) is 11.5 Å². The fourth-order valence-electron chi connectivity index (χ4n) is 1.91. The number of imidazole rings is 1. The van der Waals surface area contributed by atoms with E-state index in [-0.39, 0.29) is 5.82 Å². The molecule has 1 aromatic carbocycles. The Labute approximate surface area is 99.5 Å². The number of aliphatic hydroxyl groups excluding tert-OH is 1. The number of rotatable bonds is 3. The quantitative estimate of drug-likeness (QED) is 0.885. The molecule has 3 nitrogen and oxygen atoms in total. The molecular weight excluding hydrogens is 219 g/mol. The maximum Gasteiger partial charge on any atom is 0.142 e. The van der Waals surface area contributed by atoms with E-state index in [9.17, 15) is 9.50 Å². The van der Waals surface area contributed by atoms with Gasteiger partial charge in [0.2, 0.25) is 0 Å². The van der Waals surface area contributed by atoms with Crippen LogP contribution in [0.1, 0.15) is 30.0 Å². The average Bonchev–Trinajstić information content (AvgIpc) is 2.74. The van der Waals surface area contributed by atoms with Crippen molar-refractivity contribution in [3.63, 3.8) is 0 Å². The molecular formula is C13H15FN2O. The van der Waals surface area contributed by atoms with Crippen LogP contribution in [0.5, 0.6) is 0 Å². The second-order valence-electron chi connectivity index (χ2n) is 4.04. The normalized spacial score (nSPS) is 12.7. The SMILES string of the molecule is CCn1ccnc1C(O)c1cc(C)cc(F)c1. The molecule has 17 heavy (non-hydrogen) atoms. The summed E-state index contributed by atoms with van der Waals surface area (Å²) in [6, 6.07) is 4.54. The third kappa shape index (κ3) is 2.36. The largest absolute Gasteiger partial charge is 0.380 e. The van der Waals surface area contributed by atoms with E-state index in [4.69, 9.17) is 0 Å². The molecule has 1 heterocycles. The number of aliphatic hydroxyl groups is 1. The van der Waals surface area contributed by atoms with Gasteiger partial charge >= 0.3 is 0 Å². The van der Waals surface area contributed by atoms with Crippen LogP contribution >= 0.6 is 0 Å². The van der Waals surface area contributed by atoms with Crippen LogP contribution < -0.4 is 0 Å². The smallest absolute Gasteiger partial charge is 0.142 e. The van der Waals surface area contributed by atoms with Crippen LogP contribution in [0, 0.1) is 12.7 Å². The lowest BCUT2D eigenvalue weighted by Gasteiger charge is -2.13. The Bertz CT molecular complexity index is 502. The van der Waals surface area contributed by atoms with Crippen LogP contribution in [0.25, 0.3) is 0 Å². The van der Waals surface area contributed by atoms with E-state index >= 15 is 0 Å². The van der Waals surface area contributed by atoms with E-state index < -0.39 is 6.10 Å². The van der Waals surface area contributed by atoms with Gasteiger partial charge in [0.15, 0.2) is 0 Å². The van der Waals surface area contributed by atoms with Crippen molar-refractivity contribution in [2.75, 3.05) is 0 Å². The van der Waals surface area contributed by atoms with Gasteiger partial charge in [-0.1, -0.05) is 6.07 Å². The van der Waals surface area contributed by atoms with Crippen molar-refractivity contribution in [1.82, 2.24) is 9.55 Å². The van der Waals surface area contributed by atoms with Gasteiger partial charge in [0.25, 0.3) is 0 Å². The maximum atomic E-state index is 13.3. The van der Waals surface area contributed by atoms with Crippen molar-refractivity contribution in [3.05, 3.63) is 53.4 Å². The highest BCUT2D eigenvalue weighted by Gasteiger charge is 2.16. The van der Waals surface area contributed by atoms with Gasteiger partial charge in [-0.05, 0) is 37.1 Å². The number of nitrogens with zero attached hydrogens (tertiary/aromatic N) is 2. The minimum Gasteiger partial charge on any atom is -0.380 e. The van der Waals surface area contributed by atoms with Gasteiger partial charge in [-0.2, -0.15) is 0 Å². The molecule has 0 fully saturated rings. The summed E-state index contributed by atoms with van der Waals surface area (Å²) in [6.07, 6.45) is 2.54. The molecule has 1 N–H and O–H groups in total.